The van der Waals surface area contributed by atoms with Gasteiger partial charge >= 0.3 is 0 Å². The first kappa shape index (κ1) is 11.4. The maximum atomic E-state index is 11.5. The molecule has 6 nitrogen and oxygen atoms in total. The Hall–Kier alpha value is -1.05. The Labute approximate surface area is 97.4 Å². The number of ether oxygens (including phenoxy) is 1. The first-order chi connectivity index (χ1) is 7.57. The van der Waals surface area contributed by atoms with E-state index in [1.807, 2.05) is 13.8 Å². The molecule has 0 radical (unpaired) electrons. The van der Waals surface area contributed by atoms with Gasteiger partial charge in [-0.25, -0.2) is 0 Å². The fourth-order valence-corrected chi connectivity index (χ4v) is 1.93. The van der Waals surface area contributed by atoms with Crippen LogP contribution in [0.25, 0.3) is 0 Å². The molecule has 1 aromatic rings. The third kappa shape index (κ3) is 2.75. The molecular formula is C9H14N4O2S. The highest BCUT2D eigenvalue weighted by Gasteiger charge is 2.33. The summed E-state index contributed by atoms with van der Waals surface area (Å²) in [5.74, 6) is -0.190. The number of nitrogens with one attached hydrogen (secondary N) is 2. The van der Waals surface area contributed by atoms with E-state index in [0.29, 0.717) is 5.13 Å². The van der Waals surface area contributed by atoms with Crippen molar-refractivity contribution < 1.29 is 9.53 Å². The molecule has 0 unspecified atom stereocenters. The van der Waals surface area contributed by atoms with Crippen LogP contribution in [-0.4, -0.2) is 41.4 Å². The van der Waals surface area contributed by atoms with E-state index in [4.69, 9.17) is 4.74 Å². The largest absolute Gasteiger partial charge is 0.363 e. The molecule has 0 spiro atoms. The van der Waals surface area contributed by atoms with Crippen molar-refractivity contribution in [2.75, 3.05) is 25.0 Å². The highest BCUT2D eigenvalue weighted by atomic mass is 32.1. The first-order valence-corrected chi connectivity index (χ1v) is 5.84. The van der Waals surface area contributed by atoms with Crippen molar-refractivity contribution in [3.8, 4) is 0 Å². The summed E-state index contributed by atoms with van der Waals surface area (Å²) in [6.45, 7) is 5.45. The summed E-state index contributed by atoms with van der Waals surface area (Å²) in [7, 11) is 0. The minimum Gasteiger partial charge on any atom is -0.363 e. The van der Waals surface area contributed by atoms with E-state index < -0.39 is 0 Å². The second-order valence-electron chi connectivity index (χ2n) is 4.02. The van der Waals surface area contributed by atoms with Gasteiger partial charge in [-0.05, 0) is 13.8 Å². The molecule has 0 saturated carbocycles. The quantitative estimate of drug-likeness (QED) is 0.786. The molecular weight excluding hydrogens is 228 g/mol. The van der Waals surface area contributed by atoms with Crippen molar-refractivity contribution in [2.24, 2.45) is 0 Å². The van der Waals surface area contributed by atoms with Crippen LogP contribution in [0.4, 0.5) is 5.13 Å². The van der Waals surface area contributed by atoms with Crippen LogP contribution in [0.1, 0.15) is 11.9 Å². The molecule has 1 saturated heterocycles. The standard InChI is InChI=1S/C9H14N4O2S/c1-6-12-13-8(16-6)11-7(14)3-15-9(2)4-10-5-9/h10H,3-5H2,1-2H3,(H,11,13,14). The molecule has 0 aromatic carbocycles. The molecule has 2 rings (SSSR count). The zero-order valence-corrected chi connectivity index (χ0v) is 10.1. The van der Waals surface area contributed by atoms with Crippen molar-refractivity contribution in [3.05, 3.63) is 5.01 Å². The third-order valence-electron chi connectivity index (χ3n) is 2.32. The van der Waals surface area contributed by atoms with Gasteiger partial charge in [0.05, 0.1) is 5.60 Å². The van der Waals surface area contributed by atoms with Gasteiger partial charge in [-0.1, -0.05) is 11.3 Å². The Morgan fingerprint density at radius 3 is 2.88 bits per heavy atom. The zero-order valence-electron chi connectivity index (χ0n) is 9.24. The van der Waals surface area contributed by atoms with E-state index in [2.05, 4.69) is 20.8 Å². The molecule has 0 aliphatic carbocycles. The number of carbonyl (C=O) groups excluding carboxylic acids is 1. The summed E-state index contributed by atoms with van der Waals surface area (Å²) >= 11 is 1.35. The van der Waals surface area contributed by atoms with Gasteiger partial charge in [-0.15, -0.1) is 10.2 Å². The lowest BCUT2D eigenvalue weighted by Gasteiger charge is -2.38. The number of aryl methyl sites for hydroxylation is 1. The van der Waals surface area contributed by atoms with Gasteiger partial charge in [0.1, 0.15) is 11.6 Å². The van der Waals surface area contributed by atoms with Crippen molar-refractivity contribution >= 4 is 22.4 Å². The second-order valence-corrected chi connectivity index (χ2v) is 5.20. The summed E-state index contributed by atoms with van der Waals surface area (Å²) in [5, 5.41) is 14.7. The lowest BCUT2D eigenvalue weighted by molar-refractivity contribution is -0.130. The van der Waals surface area contributed by atoms with Crippen molar-refractivity contribution in [3.63, 3.8) is 0 Å². The molecule has 2 heterocycles. The Kier molecular flexibility index (Phi) is 3.17. The van der Waals surface area contributed by atoms with E-state index in [9.17, 15) is 4.79 Å². The van der Waals surface area contributed by atoms with Gasteiger partial charge in [-0.3, -0.25) is 10.1 Å². The van der Waals surface area contributed by atoms with Crippen molar-refractivity contribution in [2.45, 2.75) is 19.4 Å². The van der Waals surface area contributed by atoms with Gasteiger partial charge in [0.25, 0.3) is 5.91 Å². The summed E-state index contributed by atoms with van der Waals surface area (Å²) < 4.78 is 5.49. The lowest BCUT2D eigenvalue weighted by atomic mass is 10.0. The SMILES string of the molecule is Cc1nnc(NC(=O)COC2(C)CNC2)s1. The molecule has 1 aromatic heterocycles. The number of anilines is 1. The van der Waals surface area contributed by atoms with Gasteiger partial charge in [0.2, 0.25) is 5.13 Å². The summed E-state index contributed by atoms with van der Waals surface area (Å²) in [4.78, 5) is 11.5. The summed E-state index contributed by atoms with van der Waals surface area (Å²) in [5.41, 5.74) is -0.200. The highest BCUT2D eigenvalue weighted by Crippen LogP contribution is 2.16. The van der Waals surface area contributed by atoms with Crippen LogP contribution in [0, 0.1) is 6.92 Å². The summed E-state index contributed by atoms with van der Waals surface area (Å²) in [6, 6.07) is 0. The van der Waals surface area contributed by atoms with Gasteiger partial charge in [0.15, 0.2) is 0 Å². The minimum atomic E-state index is -0.200. The Bertz CT molecular complexity index is 389. The highest BCUT2D eigenvalue weighted by molar-refractivity contribution is 7.15. The number of nitrogens with zero attached hydrogens (tertiary/aromatic N) is 2. The maximum Gasteiger partial charge on any atom is 0.252 e. The number of hydrogen-bond acceptors (Lipinski definition) is 6. The van der Waals surface area contributed by atoms with Gasteiger partial charge in [-0.2, -0.15) is 0 Å². The molecule has 2 N–H and O–H groups in total. The van der Waals surface area contributed by atoms with Crippen LogP contribution < -0.4 is 10.6 Å². The predicted molar refractivity (Wildman–Crippen MR) is 60.5 cm³/mol. The van der Waals surface area contributed by atoms with E-state index in [-0.39, 0.29) is 18.1 Å². The van der Waals surface area contributed by atoms with Crippen LogP contribution in [0.2, 0.25) is 0 Å². The Morgan fingerprint density at radius 2 is 2.38 bits per heavy atom. The molecule has 7 heteroatoms. The van der Waals surface area contributed by atoms with E-state index in [0.717, 1.165) is 18.1 Å². The van der Waals surface area contributed by atoms with Crippen LogP contribution in [0.15, 0.2) is 0 Å². The van der Waals surface area contributed by atoms with E-state index in [1.54, 1.807) is 0 Å². The maximum absolute atomic E-state index is 11.5. The number of hydrogen-bond donors (Lipinski definition) is 2. The average Bonchev–Trinajstić information content (AvgIpc) is 2.58. The molecule has 88 valence electrons. The minimum absolute atomic E-state index is 0.0524. The third-order valence-corrected chi connectivity index (χ3v) is 3.08. The fraction of sp³-hybridized carbons (Fsp3) is 0.667. The molecule has 16 heavy (non-hydrogen) atoms. The molecule has 1 amide bonds. The topological polar surface area (TPSA) is 76.1 Å². The Balaban J connectivity index is 1.76. The van der Waals surface area contributed by atoms with Crippen LogP contribution in [0.3, 0.4) is 0 Å². The number of carbonyl (C=O) groups is 1. The van der Waals surface area contributed by atoms with E-state index >= 15 is 0 Å². The van der Waals surface area contributed by atoms with Crippen LogP contribution in [0.5, 0.6) is 0 Å². The van der Waals surface area contributed by atoms with Gasteiger partial charge in [0, 0.05) is 13.1 Å². The smallest absolute Gasteiger partial charge is 0.252 e. The molecule has 1 fully saturated rings. The number of aromatic nitrogens is 2. The van der Waals surface area contributed by atoms with Crippen LogP contribution >= 0.6 is 11.3 Å². The predicted octanol–water partition coefficient (Wildman–Crippen LogP) is 0.164. The van der Waals surface area contributed by atoms with Gasteiger partial charge < -0.3 is 10.1 Å². The lowest BCUT2D eigenvalue weighted by Crippen LogP contribution is -2.59. The van der Waals surface area contributed by atoms with Crippen molar-refractivity contribution in [1.82, 2.24) is 15.5 Å². The molecule has 1 aliphatic rings. The zero-order chi connectivity index (χ0) is 11.6. The average molecular weight is 242 g/mol. The molecule has 0 bridgehead atoms. The monoisotopic (exact) mass is 242 g/mol. The van der Waals surface area contributed by atoms with E-state index in [1.165, 1.54) is 11.3 Å². The molecule has 0 atom stereocenters. The number of amides is 1. The first-order valence-electron chi connectivity index (χ1n) is 5.02. The number of rotatable bonds is 4. The van der Waals surface area contributed by atoms with Crippen molar-refractivity contribution in [1.29, 1.82) is 0 Å². The van der Waals surface area contributed by atoms with Crippen LogP contribution in [-0.2, 0) is 9.53 Å². The Morgan fingerprint density at radius 1 is 1.62 bits per heavy atom. The normalized spacial score (nSPS) is 17.9. The molecule has 1 aliphatic heterocycles. The summed E-state index contributed by atoms with van der Waals surface area (Å²) in [6.07, 6.45) is 0. The second kappa shape index (κ2) is 4.44. The fourth-order valence-electron chi connectivity index (χ4n) is 1.32.